The molecular weight excluding hydrogens is 178 g/mol. The van der Waals surface area contributed by atoms with E-state index in [0.717, 1.165) is 24.8 Å². The van der Waals surface area contributed by atoms with Crippen molar-refractivity contribution in [1.29, 1.82) is 0 Å². The maximum absolute atomic E-state index is 11.1. The van der Waals surface area contributed by atoms with Gasteiger partial charge in [-0.2, -0.15) is 0 Å². The normalized spacial score (nSPS) is 14.8. The van der Waals surface area contributed by atoms with E-state index < -0.39 is 0 Å². The fraction of sp³-hybridized carbons (Fsp3) is 0.545. The minimum Gasteiger partial charge on any atom is -0.445 e. The summed E-state index contributed by atoms with van der Waals surface area (Å²) in [6.45, 7) is 3.06. The van der Waals surface area contributed by atoms with Gasteiger partial charge < -0.3 is 10.1 Å². The molecule has 1 aliphatic carbocycles. The first-order chi connectivity index (χ1) is 6.83. The van der Waals surface area contributed by atoms with E-state index in [1.54, 1.807) is 0 Å². The van der Waals surface area contributed by atoms with Crippen LogP contribution in [0.1, 0.15) is 27.6 Å². The van der Waals surface area contributed by atoms with Crippen LogP contribution >= 0.6 is 0 Å². The SMILES string of the molecule is CCCNC(=O)OCC1=CCCC=C1.[HH]. The minimum atomic E-state index is -0.327. The van der Waals surface area contributed by atoms with Crippen LogP contribution in [0.3, 0.4) is 0 Å². The third-order valence-electron chi connectivity index (χ3n) is 1.96. The number of nitrogens with one attached hydrogen (secondary N) is 1. The Morgan fingerprint density at radius 2 is 2.50 bits per heavy atom. The molecule has 1 rings (SSSR count). The van der Waals surface area contributed by atoms with Gasteiger partial charge in [-0.1, -0.05) is 25.2 Å². The van der Waals surface area contributed by atoms with Crippen LogP contribution in [0.15, 0.2) is 23.8 Å². The molecule has 0 bridgehead atoms. The van der Waals surface area contributed by atoms with Crippen LogP contribution in [-0.2, 0) is 4.74 Å². The van der Waals surface area contributed by atoms with Gasteiger partial charge in [-0.05, 0) is 24.8 Å². The predicted octanol–water partition coefficient (Wildman–Crippen LogP) is 2.65. The zero-order chi connectivity index (χ0) is 10.2. The highest BCUT2D eigenvalue weighted by Gasteiger charge is 2.02. The lowest BCUT2D eigenvalue weighted by molar-refractivity contribution is 0.156. The van der Waals surface area contributed by atoms with Crippen LogP contribution in [-0.4, -0.2) is 19.2 Å². The fourth-order valence-corrected chi connectivity index (χ4v) is 1.20. The molecule has 14 heavy (non-hydrogen) atoms. The Morgan fingerprint density at radius 3 is 3.14 bits per heavy atom. The molecule has 0 radical (unpaired) electrons. The molecule has 0 aromatic carbocycles. The second-order valence-corrected chi connectivity index (χ2v) is 3.26. The highest BCUT2D eigenvalue weighted by atomic mass is 16.5. The summed E-state index contributed by atoms with van der Waals surface area (Å²) in [5, 5.41) is 2.66. The van der Waals surface area contributed by atoms with Crippen LogP contribution in [0, 0.1) is 0 Å². The zero-order valence-electron chi connectivity index (χ0n) is 8.58. The van der Waals surface area contributed by atoms with Gasteiger partial charge in [0.1, 0.15) is 6.61 Å². The molecule has 3 heteroatoms. The molecule has 0 saturated heterocycles. The Kier molecular flexibility index (Phi) is 4.83. The van der Waals surface area contributed by atoms with Gasteiger partial charge >= 0.3 is 6.09 Å². The number of carbonyl (C=O) groups excluding carboxylic acids is 1. The maximum Gasteiger partial charge on any atom is 0.407 e. The molecule has 1 amide bonds. The van der Waals surface area contributed by atoms with E-state index in [0.29, 0.717) is 13.2 Å². The number of amides is 1. The van der Waals surface area contributed by atoms with Crippen LogP contribution in [0.5, 0.6) is 0 Å². The Bertz CT molecular complexity index is 249. The first-order valence-electron chi connectivity index (χ1n) is 5.09. The number of allylic oxidation sites excluding steroid dienone is 2. The minimum absolute atomic E-state index is 0. The third kappa shape index (κ3) is 4.12. The number of carbonyl (C=O) groups is 1. The van der Waals surface area contributed by atoms with Crippen molar-refractivity contribution in [3.05, 3.63) is 23.8 Å². The van der Waals surface area contributed by atoms with Crippen LogP contribution in [0.25, 0.3) is 0 Å². The summed E-state index contributed by atoms with van der Waals surface area (Å²) in [6, 6.07) is 0. The second kappa shape index (κ2) is 6.24. The molecule has 0 aliphatic heterocycles. The van der Waals surface area contributed by atoms with Crippen LogP contribution in [0.4, 0.5) is 4.79 Å². The number of alkyl carbamates (subject to hydrolysis) is 1. The molecule has 0 fully saturated rings. The number of hydrogen-bond acceptors (Lipinski definition) is 2. The molecule has 0 unspecified atom stereocenters. The first kappa shape index (κ1) is 10.8. The molecule has 1 aliphatic rings. The second-order valence-electron chi connectivity index (χ2n) is 3.26. The lowest BCUT2D eigenvalue weighted by Gasteiger charge is -2.08. The van der Waals surface area contributed by atoms with E-state index in [2.05, 4.69) is 17.5 Å². The standard InChI is InChI=1S/C11H17NO2.H2/c1-2-8-12-11(13)14-9-10-6-4-3-5-7-10;/h4,6-7H,2-3,5,8-9H2,1H3,(H,12,13);1H. The van der Waals surface area contributed by atoms with E-state index in [1.807, 2.05) is 13.0 Å². The van der Waals surface area contributed by atoms with Crippen molar-refractivity contribution in [2.45, 2.75) is 26.2 Å². The van der Waals surface area contributed by atoms with E-state index in [1.165, 1.54) is 0 Å². The van der Waals surface area contributed by atoms with Crippen molar-refractivity contribution in [2.24, 2.45) is 0 Å². The van der Waals surface area contributed by atoms with Gasteiger partial charge in [-0.15, -0.1) is 0 Å². The first-order valence-corrected chi connectivity index (χ1v) is 5.09. The highest BCUT2D eigenvalue weighted by molar-refractivity contribution is 5.67. The van der Waals surface area contributed by atoms with Gasteiger partial charge in [0, 0.05) is 7.97 Å². The fourth-order valence-electron chi connectivity index (χ4n) is 1.20. The summed E-state index contributed by atoms with van der Waals surface area (Å²) >= 11 is 0. The smallest absolute Gasteiger partial charge is 0.407 e. The summed E-state index contributed by atoms with van der Waals surface area (Å²) in [4.78, 5) is 11.1. The topological polar surface area (TPSA) is 38.3 Å². The van der Waals surface area contributed by atoms with Gasteiger partial charge in [-0.25, -0.2) is 4.79 Å². The van der Waals surface area contributed by atoms with E-state index in [4.69, 9.17) is 4.74 Å². The monoisotopic (exact) mass is 197 g/mol. The molecular formula is C11H19NO2. The molecule has 0 atom stereocenters. The predicted molar refractivity (Wildman–Crippen MR) is 58.2 cm³/mol. The molecule has 1 N–H and O–H groups in total. The molecule has 3 nitrogen and oxygen atoms in total. The zero-order valence-corrected chi connectivity index (χ0v) is 8.58. The number of hydrogen-bond donors (Lipinski definition) is 1. The van der Waals surface area contributed by atoms with E-state index in [-0.39, 0.29) is 7.52 Å². The number of ether oxygens (including phenoxy) is 1. The summed E-state index contributed by atoms with van der Waals surface area (Å²) in [6.07, 6.45) is 8.95. The van der Waals surface area contributed by atoms with Crippen molar-refractivity contribution in [3.8, 4) is 0 Å². The molecule has 0 aromatic rings. The Labute approximate surface area is 86.3 Å². The quantitative estimate of drug-likeness (QED) is 0.752. The van der Waals surface area contributed by atoms with Crippen molar-refractivity contribution < 1.29 is 11.0 Å². The summed E-state index contributed by atoms with van der Waals surface area (Å²) in [7, 11) is 0. The van der Waals surface area contributed by atoms with Gasteiger partial charge in [0.05, 0.1) is 0 Å². The average molecular weight is 197 g/mol. The molecule has 0 saturated carbocycles. The average Bonchev–Trinajstić information content (AvgIpc) is 2.25. The van der Waals surface area contributed by atoms with Crippen molar-refractivity contribution in [2.75, 3.05) is 13.2 Å². The van der Waals surface area contributed by atoms with E-state index in [9.17, 15) is 4.79 Å². The third-order valence-corrected chi connectivity index (χ3v) is 1.96. The van der Waals surface area contributed by atoms with Gasteiger partial charge in [0.15, 0.2) is 0 Å². The summed E-state index contributed by atoms with van der Waals surface area (Å²) in [5.41, 5.74) is 1.09. The summed E-state index contributed by atoms with van der Waals surface area (Å²) in [5.74, 6) is 0. The molecule has 0 heterocycles. The lowest BCUT2D eigenvalue weighted by atomic mass is 10.1. The Hall–Kier alpha value is -1.25. The van der Waals surface area contributed by atoms with Crippen molar-refractivity contribution in [3.63, 3.8) is 0 Å². The molecule has 0 spiro atoms. The van der Waals surface area contributed by atoms with Crippen LogP contribution in [0.2, 0.25) is 0 Å². The largest absolute Gasteiger partial charge is 0.445 e. The Morgan fingerprint density at radius 1 is 1.64 bits per heavy atom. The summed E-state index contributed by atoms with van der Waals surface area (Å²) < 4.78 is 5.01. The number of rotatable bonds is 4. The lowest BCUT2D eigenvalue weighted by Crippen LogP contribution is -2.25. The van der Waals surface area contributed by atoms with Gasteiger partial charge in [0.2, 0.25) is 0 Å². The van der Waals surface area contributed by atoms with E-state index >= 15 is 0 Å². The van der Waals surface area contributed by atoms with Crippen LogP contribution < -0.4 is 5.32 Å². The maximum atomic E-state index is 11.1. The van der Waals surface area contributed by atoms with Crippen molar-refractivity contribution in [1.82, 2.24) is 5.32 Å². The van der Waals surface area contributed by atoms with Crippen molar-refractivity contribution >= 4 is 6.09 Å². The van der Waals surface area contributed by atoms with Gasteiger partial charge in [0.25, 0.3) is 0 Å². The molecule has 80 valence electrons. The highest BCUT2D eigenvalue weighted by Crippen LogP contribution is 2.09. The Balaban J connectivity index is 0.00000196. The molecule has 0 aromatic heterocycles. The van der Waals surface area contributed by atoms with Gasteiger partial charge in [-0.3, -0.25) is 0 Å².